The second-order valence-electron chi connectivity index (χ2n) is 4.98. The van der Waals surface area contributed by atoms with Gasteiger partial charge >= 0.3 is 0 Å². The van der Waals surface area contributed by atoms with Gasteiger partial charge in [0.1, 0.15) is 0 Å². The van der Waals surface area contributed by atoms with Crippen LogP contribution in [0.15, 0.2) is 40.9 Å². The lowest BCUT2D eigenvalue weighted by Gasteiger charge is -2.21. The number of fused-ring (bicyclic) bond motifs is 3. The number of benzene rings is 2. The maximum atomic E-state index is 6.35. The highest BCUT2D eigenvalue weighted by Crippen LogP contribution is 2.51. The van der Waals surface area contributed by atoms with Crippen molar-refractivity contribution in [2.45, 2.75) is 19.3 Å². The first kappa shape index (κ1) is 11.3. The zero-order chi connectivity index (χ0) is 12.2. The Hall–Kier alpha value is -0.790. The second kappa shape index (κ2) is 3.60. The van der Waals surface area contributed by atoms with E-state index < -0.39 is 0 Å². The minimum Gasteiger partial charge on any atom is -0.0837 e. The third-order valence-electron chi connectivity index (χ3n) is 3.61. The van der Waals surface area contributed by atoms with Crippen molar-refractivity contribution in [3.05, 3.63) is 57.0 Å². The lowest BCUT2D eigenvalue weighted by atomic mass is 9.82. The van der Waals surface area contributed by atoms with E-state index >= 15 is 0 Å². The summed E-state index contributed by atoms with van der Waals surface area (Å²) in [5.41, 5.74) is 5.15. The zero-order valence-corrected chi connectivity index (χ0v) is 12.1. The SMILES string of the molecule is CC1(C)c2cc(Br)ccc2-c2c(Cl)cccc21. The summed E-state index contributed by atoms with van der Waals surface area (Å²) < 4.78 is 1.12. The van der Waals surface area contributed by atoms with E-state index in [1.807, 2.05) is 12.1 Å². The average Bonchev–Trinajstić information content (AvgIpc) is 2.50. The molecule has 0 nitrogen and oxygen atoms in total. The summed E-state index contributed by atoms with van der Waals surface area (Å²) in [6, 6.07) is 12.6. The third-order valence-corrected chi connectivity index (χ3v) is 4.42. The molecule has 3 rings (SSSR count). The summed E-state index contributed by atoms with van der Waals surface area (Å²) in [7, 11) is 0. The van der Waals surface area contributed by atoms with Gasteiger partial charge in [-0.05, 0) is 34.9 Å². The monoisotopic (exact) mass is 306 g/mol. The largest absolute Gasteiger partial charge is 0.0837 e. The van der Waals surface area contributed by atoms with Crippen LogP contribution in [0.5, 0.6) is 0 Å². The predicted molar refractivity (Wildman–Crippen MR) is 76.7 cm³/mol. The highest BCUT2D eigenvalue weighted by molar-refractivity contribution is 9.10. The van der Waals surface area contributed by atoms with Gasteiger partial charge in [-0.25, -0.2) is 0 Å². The fraction of sp³-hybridized carbons (Fsp3) is 0.200. The summed E-state index contributed by atoms with van der Waals surface area (Å²) >= 11 is 9.90. The molecule has 0 unspecified atom stereocenters. The Kier molecular flexibility index (Phi) is 2.39. The van der Waals surface area contributed by atoms with Crippen LogP contribution in [-0.2, 0) is 5.41 Å². The lowest BCUT2D eigenvalue weighted by Crippen LogP contribution is -2.14. The first-order chi connectivity index (χ1) is 8.01. The molecule has 0 aliphatic heterocycles. The Morgan fingerprint density at radius 3 is 2.59 bits per heavy atom. The Labute approximate surface area is 115 Å². The molecule has 0 atom stereocenters. The van der Waals surface area contributed by atoms with E-state index in [9.17, 15) is 0 Å². The maximum Gasteiger partial charge on any atom is 0.0487 e. The second-order valence-corrected chi connectivity index (χ2v) is 6.30. The molecule has 0 radical (unpaired) electrons. The van der Waals surface area contributed by atoms with Gasteiger partial charge in [0.15, 0.2) is 0 Å². The highest BCUT2D eigenvalue weighted by Gasteiger charge is 2.36. The number of rotatable bonds is 0. The fourth-order valence-corrected chi connectivity index (χ4v) is 3.35. The molecule has 0 amide bonds. The van der Waals surface area contributed by atoms with E-state index in [-0.39, 0.29) is 5.41 Å². The summed E-state index contributed by atoms with van der Waals surface area (Å²) in [5.74, 6) is 0. The standard InChI is InChI=1S/C15H12BrCl/c1-15(2)11-4-3-5-13(17)14(11)10-7-6-9(16)8-12(10)15/h3-8H,1-2H3. The van der Waals surface area contributed by atoms with Crippen molar-refractivity contribution in [2.75, 3.05) is 0 Å². The van der Waals surface area contributed by atoms with E-state index in [1.54, 1.807) is 0 Å². The van der Waals surface area contributed by atoms with Crippen LogP contribution < -0.4 is 0 Å². The van der Waals surface area contributed by atoms with Crippen LogP contribution in [0.4, 0.5) is 0 Å². The van der Waals surface area contributed by atoms with Crippen molar-refractivity contribution >= 4 is 27.5 Å². The summed E-state index contributed by atoms with van der Waals surface area (Å²) in [4.78, 5) is 0. The molecular formula is C15H12BrCl. The highest BCUT2D eigenvalue weighted by atomic mass is 79.9. The first-order valence-corrected chi connectivity index (χ1v) is 6.78. The predicted octanol–water partition coefficient (Wildman–Crippen LogP) is 5.41. The molecular weight excluding hydrogens is 296 g/mol. The van der Waals surface area contributed by atoms with Crippen molar-refractivity contribution in [3.8, 4) is 11.1 Å². The molecule has 2 aromatic carbocycles. The molecule has 0 spiro atoms. The smallest absolute Gasteiger partial charge is 0.0487 e. The molecule has 86 valence electrons. The van der Waals surface area contributed by atoms with Crippen molar-refractivity contribution in [1.29, 1.82) is 0 Å². The molecule has 0 N–H and O–H groups in total. The van der Waals surface area contributed by atoms with Gasteiger partial charge in [-0.2, -0.15) is 0 Å². The van der Waals surface area contributed by atoms with Crippen molar-refractivity contribution < 1.29 is 0 Å². The van der Waals surface area contributed by atoms with Gasteiger partial charge in [-0.15, -0.1) is 0 Å². The molecule has 2 heteroatoms. The fourth-order valence-electron chi connectivity index (χ4n) is 2.72. The van der Waals surface area contributed by atoms with Crippen molar-refractivity contribution in [2.24, 2.45) is 0 Å². The van der Waals surface area contributed by atoms with Gasteiger partial charge in [-0.1, -0.05) is 59.6 Å². The van der Waals surface area contributed by atoms with Crippen LogP contribution in [0.2, 0.25) is 5.02 Å². The normalized spacial score (nSPS) is 15.5. The Morgan fingerprint density at radius 1 is 1.06 bits per heavy atom. The van der Waals surface area contributed by atoms with Gasteiger partial charge in [-0.3, -0.25) is 0 Å². The molecule has 0 heterocycles. The van der Waals surface area contributed by atoms with Crippen molar-refractivity contribution in [1.82, 2.24) is 0 Å². The number of halogens is 2. The first-order valence-electron chi connectivity index (χ1n) is 5.61. The molecule has 2 aromatic rings. The zero-order valence-electron chi connectivity index (χ0n) is 9.72. The summed E-state index contributed by atoms with van der Waals surface area (Å²) in [6.07, 6.45) is 0. The molecule has 17 heavy (non-hydrogen) atoms. The van der Waals surface area contributed by atoms with Gasteiger partial charge in [0.25, 0.3) is 0 Å². The molecule has 0 fully saturated rings. The summed E-state index contributed by atoms with van der Waals surface area (Å²) in [5, 5.41) is 0.844. The van der Waals surface area contributed by atoms with Crippen LogP contribution in [0.25, 0.3) is 11.1 Å². The van der Waals surface area contributed by atoms with Crippen LogP contribution in [-0.4, -0.2) is 0 Å². The molecule has 1 aliphatic rings. The molecule has 0 saturated carbocycles. The van der Waals surface area contributed by atoms with E-state index in [0.29, 0.717) is 0 Å². The Balaban J connectivity index is 2.43. The van der Waals surface area contributed by atoms with E-state index in [4.69, 9.17) is 11.6 Å². The quantitative estimate of drug-likeness (QED) is 0.610. The number of hydrogen-bond donors (Lipinski definition) is 0. The molecule has 0 bridgehead atoms. The minimum atomic E-state index is 0.0271. The maximum absolute atomic E-state index is 6.35. The van der Waals surface area contributed by atoms with Crippen LogP contribution in [0.3, 0.4) is 0 Å². The van der Waals surface area contributed by atoms with Gasteiger partial charge in [0, 0.05) is 20.5 Å². The van der Waals surface area contributed by atoms with Crippen LogP contribution in [0, 0.1) is 0 Å². The van der Waals surface area contributed by atoms with Gasteiger partial charge in [0.05, 0.1) is 0 Å². The minimum absolute atomic E-state index is 0.0271. The molecule has 0 saturated heterocycles. The average molecular weight is 308 g/mol. The lowest BCUT2D eigenvalue weighted by molar-refractivity contribution is 0.660. The third kappa shape index (κ3) is 1.49. The summed E-state index contributed by atoms with van der Waals surface area (Å²) in [6.45, 7) is 4.50. The number of hydrogen-bond acceptors (Lipinski definition) is 0. The van der Waals surface area contributed by atoms with Crippen LogP contribution in [0.1, 0.15) is 25.0 Å². The molecule has 1 aliphatic carbocycles. The van der Waals surface area contributed by atoms with Gasteiger partial charge in [0.2, 0.25) is 0 Å². The van der Waals surface area contributed by atoms with Crippen molar-refractivity contribution in [3.63, 3.8) is 0 Å². The van der Waals surface area contributed by atoms with E-state index in [1.165, 1.54) is 22.3 Å². The van der Waals surface area contributed by atoms with Crippen LogP contribution >= 0.6 is 27.5 Å². The molecule has 0 aromatic heterocycles. The van der Waals surface area contributed by atoms with E-state index in [2.05, 4.69) is 54.0 Å². The Morgan fingerprint density at radius 2 is 1.82 bits per heavy atom. The Bertz CT molecular complexity index is 614. The van der Waals surface area contributed by atoms with Gasteiger partial charge < -0.3 is 0 Å². The van der Waals surface area contributed by atoms with E-state index in [0.717, 1.165) is 9.50 Å². The topological polar surface area (TPSA) is 0 Å².